The van der Waals surface area contributed by atoms with Crippen LogP contribution in [0.4, 0.5) is 0 Å². The van der Waals surface area contributed by atoms with E-state index < -0.39 is 0 Å². The highest BCUT2D eigenvalue weighted by Crippen LogP contribution is 2.13. The van der Waals surface area contributed by atoms with E-state index in [4.69, 9.17) is 0 Å². The first-order chi connectivity index (χ1) is 7.24. The molecule has 0 unspecified atom stereocenters. The normalized spacial score (nSPS) is 10.3. The molecular weight excluding hydrogens is 410 g/mol. The van der Waals surface area contributed by atoms with Crippen molar-refractivity contribution in [2.45, 2.75) is 6.42 Å². The summed E-state index contributed by atoms with van der Waals surface area (Å²) in [7, 11) is 0. The maximum Gasteiger partial charge on any atom is 0.0130 e. The fourth-order valence-electron chi connectivity index (χ4n) is 1.44. The van der Waals surface area contributed by atoms with Crippen LogP contribution in [0, 0.1) is 7.14 Å². The van der Waals surface area contributed by atoms with Crippen LogP contribution >= 0.6 is 45.2 Å². The minimum absolute atomic E-state index is 1.02. The molecule has 2 heteroatoms. The molecule has 0 N–H and O–H groups in total. The summed E-state index contributed by atoms with van der Waals surface area (Å²) in [5.41, 5.74) is 2.74. The van der Waals surface area contributed by atoms with Crippen LogP contribution in [0.1, 0.15) is 11.1 Å². The summed E-state index contributed by atoms with van der Waals surface area (Å²) >= 11 is 4.66. The molecule has 0 heterocycles. The molecule has 76 valence electrons. The quantitative estimate of drug-likeness (QED) is 0.629. The molecule has 0 saturated heterocycles. The highest BCUT2D eigenvalue weighted by atomic mass is 127. The van der Waals surface area contributed by atoms with Crippen LogP contribution < -0.4 is 0 Å². The second kappa shape index (κ2) is 5.30. The average Bonchev–Trinajstić information content (AvgIpc) is 2.25. The summed E-state index contributed by atoms with van der Waals surface area (Å²) in [6.07, 6.45) is 1.02. The molecule has 0 nitrogen and oxygen atoms in total. The van der Waals surface area contributed by atoms with E-state index in [1.165, 1.54) is 18.3 Å². The summed E-state index contributed by atoms with van der Waals surface area (Å²) in [5, 5.41) is 0. The molecule has 0 aliphatic carbocycles. The van der Waals surface area contributed by atoms with Crippen LogP contribution in [-0.4, -0.2) is 0 Å². The van der Waals surface area contributed by atoms with Crippen molar-refractivity contribution in [1.82, 2.24) is 0 Å². The van der Waals surface area contributed by atoms with Crippen LogP contribution in [0.3, 0.4) is 0 Å². The fourth-order valence-corrected chi connectivity index (χ4v) is 2.16. The Labute approximate surface area is 117 Å². The van der Waals surface area contributed by atoms with Gasteiger partial charge < -0.3 is 0 Å². The lowest BCUT2D eigenvalue weighted by molar-refractivity contribution is 1.19. The van der Waals surface area contributed by atoms with Crippen LogP contribution in [0.2, 0.25) is 0 Å². The van der Waals surface area contributed by atoms with E-state index in [2.05, 4.69) is 93.7 Å². The molecule has 0 amide bonds. The molecule has 0 aromatic heterocycles. The standard InChI is InChI=1S/C13H10I2/c14-12-5-1-10(2-6-12)9-11-3-7-13(15)8-4-11/h1-8H,9H2. The second-order valence-electron chi connectivity index (χ2n) is 3.43. The number of halogens is 2. The Hall–Kier alpha value is -0.100. The van der Waals surface area contributed by atoms with Gasteiger partial charge in [-0.2, -0.15) is 0 Å². The first-order valence-corrected chi connectivity index (χ1v) is 6.89. The van der Waals surface area contributed by atoms with Gasteiger partial charge in [0, 0.05) is 7.14 Å². The Morgan fingerprint density at radius 1 is 0.600 bits per heavy atom. The Kier molecular flexibility index (Phi) is 4.02. The highest BCUT2D eigenvalue weighted by molar-refractivity contribution is 14.1. The number of rotatable bonds is 2. The molecule has 0 bridgehead atoms. The maximum absolute atomic E-state index is 2.33. The van der Waals surface area contributed by atoms with Crippen LogP contribution in [0.5, 0.6) is 0 Å². The van der Waals surface area contributed by atoms with E-state index in [-0.39, 0.29) is 0 Å². The first kappa shape index (κ1) is 11.4. The van der Waals surface area contributed by atoms with E-state index in [0.29, 0.717) is 0 Å². The summed E-state index contributed by atoms with van der Waals surface area (Å²) in [5.74, 6) is 0. The molecular formula is C13H10I2. The number of hydrogen-bond donors (Lipinski definition) is 0. The average molecular weight is 420 g/mol. The van der Waals surface area contributed by atoms with Gasteiger partial charge >= 0.3 is 0 Å². The molecule has 0 aliphatic heterocycles. The predicted molar refractivity (Wildman–Crippen MR) is 81.1 cm³/mol. The fraction of sp³-hybridized carbons (Fsp3) is 0.0769. The topological polar surface area (TPSA) is 0 Å². The van der Waals surface area contributed by atoms with Crippen molar-refractivity contribution in [3.63, 3.8) is 0 Å². The largest absolute Gasteiger partial charge is 0.0577 e. The van der Waals surface area contributed by atoms with Crippen molar-refractivity contribution >= 4 is 45.2 Å². The van der Waals surface area contributed by atoms with Gasteiger partial charge in [-0.15, -0.1) is 0 Å². The summed E-state index contributed by atoms with van der Waals surface area (Å²) in [6, 6.07) is 17.4. The van der Waals surface area contributed by atoms with Crippen molar-refractivity contribution < 1.29 is 0 Å². The van der Waals surface area contributed by atoms with E-state index >= 15 is 0 Å². The molecule has 2 aromatic rings. The third-order valence-corrected chi connectivity index (χ3v) is 3.67. The summed E-state index contributed by atoms with van der Waals surface area (Å²) in [6.45, 7) is 0. The van der Waals surface area contributed by atoms with Gasteiger partial charge in [-0.05, 0) is 87.0 Å². The number of hydrogen-bond acceptors (Lipinski definition) is 0. The van der Waals surface area contributed by atoms with Gasteiger partial charge in [0.15, 0.2) is 0 Å². The monoisotopic (exact) mass is 420 g/mol. The minimum Gasteiger partial charge on any atom is -0.0577 e. The molecule has 2 rings (SSSR count). The van der Waals surface area contributed by atoms with Gasteiger partial charge in [-0.25, -0.2) is 0 Å². The third-order valence-electron chi connectivity index (χ3n) is 2.23. The number of benzene rings is 2. The van der Waals surface area contributed by atoms with Crippen molar-refractivity contribution in [2.75, 3.05) is 0 Å². The van der Waals surface area contributed by atoms with Gasteiger partial charge in [0.05, 0.1) is 0 Å². The van der Waals surface area contributed by atoms with Crippen molar-refractivity contribution in [1.29, 1.82) is 0 Å². The zero-order valence-electron chi connectivity index (χ0n) is 8.08. The van der Waals surface area contributed by atoms with Crippen molar-refractivity contribution in [3.05, 3.63) is 66.8 Å². The van der Waals surface area contributed by atoms with Gasteiger partial charge in [0.1, 0.15) is 0 Å². The molecule has 0 atom stereocenters. The van der Waals surface area contributed by atoms with E-state index in [9.17, 15) is 0 Å². The predicted octanol–water partition coefficient (Wildman–Crippen LogP) is 4.49. The molecule has 0 radical (unpaired) electrons. The molecule has 0 aliphatic rings. The summed E-state index contributed by atoms with van der Waals surface area (Å²) < 4.78 is 2.58. The third kappa shape index (κ3) is 3.45. The van der Waals surface area contributed by atoms with Gasteiger partial charge in [0.25, 0.3) is 0 Å². The molecule has 0 saturated carbocycles. The first-order valence-electron chi connectivity index (χ1n) is 4.73. The molecule has 0 spiro atoms. The Morgan fingerprint density at radius 2 is 0.933 bits per heavy atom. The molecule has 15 heavy (non-hydrogen) atoms. The second-order valence-corrected chi connectivity index (χ2v) is 5.92. The van der Waals surface area contributed by atoms with E-state index in [1.54, 1.807) is 0 Å². The zero-order chi connectivity index (χ0) is 10.7. The Balaban J connectivity index is 2.15. The zero-order valence-corrected chi connectivity index (χ0v) is 12.4. The minimum atomic E-state index is 1.02. The van der Waals surface area contributed by atoms with E-state index in [1.807, 2.05) is 0 Å². The Bertz CT molecular complexity index is 386. The molecule has 2 aromatic carbocycles. The smallest absolute Gasteiger partial charge is 0.0130 e. The van der Waals surface area contributed by atoms with Gasteiger partial charge in [-0.3, -0.25) is 0 Å². The van der Waals surface area contributed by atoms with Crippen LogP contribution in [0.25, 0.3) is 0 Å². The van der Waals surface area contributed by atoms with Gasteiger partial charge in [-0.1, -0.05) is 24.3 Å². The summed E-state index contributed by atoms with van der Waals surface area (Å²) in [4.78, 5) is 0. The Morgan fingerprint density at radius 3 is 1.27 bits per heavy atom. The van der Waals surface area contributed by atoms with Crippen LogP contribution in [-0.2, 0) is 6.42 Å². The SMILES string of the molecule is Ic1ccc(Cc2ccc(I)cc2)cc1. The highest BCUT2D eigenvalue weighted by Gasteiger charge is 1.96. The van der Waals surface area contributed by atoms with Crippen molar-refractivity contribution in [3.8, 4) is 0 Å². The van der Waals surface area contributed by atoms with E-state index in [0.717, 1.165) is 6.42 Å². The van der Waals surface area contributed by atoms with Crippen molar-refractivity contribution in [2.24, 2.45) is 0 Å². The lowest BCUT2D eigenvalue weighted by Crippen LogP contribution is -1.87. The molecule has 0 fully saturated rings. The lowest BCUT2D eigenvalue weighted by atomic mass is 10.1. The maximum atomic E-state index is 2.33. The lowest BCUT2D eigenvalue weighted by Gasteiger charge is -2.02. The van der Waals surface area contributed by atoms with Crippen LogP contribution in [0.15, 0.2) is 48.5 Å². The van der Waals surface area contributed by atoms with Gasteiger partial charge in [0.2, 0.25) is 0 Å².